The van der Waals surface area contributed by atoms with E-state index in [2.05, 4.69) is 5.32 Å². The minimum absolute atomic E-state index is 0.0666. The Morgan fingerprint density at radius 1 is 1.48 bits per heavy atom. The fourth-order valence-corrected chi connectivity index (χ4v) is 3.86. The summed E-state index contributed by atoms with van der Waals surface area (Å²) in [5.41, 5.74) is 0. The van der Waals surface area contributed by atoms with E-state index in [0.29, 0.717) is 19.5 Å². The highest BCUT2D eigenvalue weighted by atomic mass is 32.2. The van der Waals surface area contributed by atoms with E-state index in [1.807, 2.05) is 12.1 Å². The third-order valence-electron chi connectivity index (χ3n) is 4.02. The summed E-state index contributed by atoms with van der Waals surface area (Å²) in [4.78, 5) is 12.2. The van der Waals surface area contributed by atoms with E-state index >= 15 is 0 Å². The minimum atomic E-state index is -3.45. The summed E-state index contributed by atoms with van der Waals surface area (Å²) in [7, 11) is -0.432. The molecule has 1 amide bonds. The van der Waals surface area contributed by atoms with Gasteiger partial charge in [-0.1, -0.05) is 0 Å². The second-order valence-corrected chi connectivity index (χ2v) is 8.10. The van der Waals surface area contributed by atoms with E-state index in [1.54, 1.807) is 6.26 Å². The molecule has 1 aromatic rings. The number of hydrogen-bond acceptors (Lipinski definition) is 4. The van der Waals surface area contributed by atoms with Gasteiger partial charge in [-0.2, -0.15) is 17.0 Å². The number of carbonyl (C=O) groups is 1. The van der Waals surface area contributed by atoms with Crippen LogP contribution in [0.2, 0.25) is 0 Å². The largest absolute Gasteiger partial charge is 0.469 e. The highest BCUT2D eigenvalue weighted by molar-refractivity contribution is 7.86. The Labute approximate surface area is 137 Å². The van der Waals surface area contributed by atoms with Crippen molar-refractivity contribution in [2.45, 2.75) is 25.7 Å². The average Bonchev–Trinajstić information content (AvgIpc) is 3.04. The van der Waals surface area contributed by atoms with Gasteiger partial charge in [0.2, 0.25) is 5.91 Å². The van der Waals surface area contributed by atoms with Crippen molar-refractivity contribution in [3.05, 3.63) is 24.2 Å². The molecule has 1 aliphatic rings. The number of nitrogens with zero attached hydrogens (tertiary/aromatic N) is 2. The van der Waals surface area contributed by atoms with Crippen LogP contribution >= 0.6 is 0 Å². The summed E-state index contributed by atoms with van der Waals surface area (Å²) in [5, 5.41) is 2.90. The van der Waals surface area contributed by atoms with Crippen molar-refractivity contribution in [2.75, 3.05) is 33.7 Å². The van der Waals surface area contributed by atoms with Crippen molar-refractivity contribution in [1.82, 2.24) is 13.9 Å². The minimum Gasteiger partial charge on any atom is -0.469 e. The second-order valence-electron chi connectivity index (χ2n) is 5.96. The number of hydrogen-bond donors (Lipinski definition) is 1. The maximum absolute atomic E-state index is 12.2. The maximum atomic E-state index is 12.2. The van der Waals surface area contributed by atoms with E-state index in [4.69, 9.17) is 4.42 Å². The van der Waals surface area contributed by atoms with E-state index in [9.17, 15) is 13.2 Å². The SMILES string of the molecule is CN(C)S(=O)(=O)N1CCCC(C(=O)NCCCc2ccco2)C1. The Bertz CT molecular complexity index is 598. The second kappa shape index (κ2) is 7.94. The summed E-state index contributed by atoms with van der Waals surface area (Å²) >= 11 is 0. The van der Waals surface area contributed by atoms with Gasteiger partial charge in [0.05, 0.1) is 12.2 Å². The van der Waals surface area contributed by atoms with E-state index in [0.717, 1.165) is 25.0 Å². The first-order chi connectivity index (χ1) is 10.9. The van der Waals surface area contributed by atoms with Gasteiger partial charge in [-0.15, -0.1) is 0 Å². The molecular weight excluding hydrogens is 318 g/mol. The highest BCUT2D eigenvalue weighted by Gasteiger charge is 2.33. The molecule has 1 aromatic heterocycles. The number of nitrogens with one attached hydrogen (secondary N) is 1. The molecule has 0 aliphatic carbocycles. The number of aryl methyl sites for hydroxylation is 1. The highest BCUT2D eigenvalue weighted by Crippen LogP contribution is 2.20. The van der Waals surface area contributed by atoms with Crippen LogP contribution in [-0.2, 0) is 21.4 Å². The molecular formula is C15H25N3O4S. The van der Waals surface area contributed by atoms with Gasteiger partial charge in [0, 0.05) is 40.2 Å². The van der Waals surface area contributed by atoms with Crippen LogP contribution in [0, 0.1) is 5.92 Å². The summed E-state index contributed by atoms with van der Waals surface area (Å²) in [5.74, 6) is 0.561. The molecule has 0 saturated carbocycles. The van der Waals surface area contributed by atoms with Crippen molar-refractivity contribution in [3.63, 3.8) is 0 Å². The zero-order valence-corrected chi connectivity index (χ0v) is 14.5. The quantitative estimate of drug-likeness (QED) is 0.744. The van der Waals surface area contributed by atoms with Gasteiger partial charge in [0.25, 0.3) is 10.2 Å². The molecule has 0 aromatic carbocycles. The Morgan fingerprint density at radius 2 is 2.26 bits per heavy atom. The molecule has 7 nitrogen and oxygen atoms in total. The lowest BCUT2D eigenvalue weighted by Gasteiger charge is -2.32. The zero-order valence-electron chi connectivity index (χ0n) is 13.7. The van der Waals surface area contributed by atoms with Crippen molar-refractivity contribution >= 4 is 16.1 Å². The van der Waals surface area contributed by atoms with Gasteiger partial charge < -0.3 is 9.73 Å². The first-order valence-electron chi connectivity index (χ1n) is 7.89. The summed E-state index contributed by atoms with van der Waals surface area (Å²) in [6.07, 6.45) is 4.64. The normalized spacial score (nSPS) is 19.9. The maximum Gasteiger partial charge on any atom is 0.281 e. The van der Waals surface area contributed by atoms with Crippen LogP contribution in [-0.4, -0.2) is 56.7 Å². The zero-order chi connectivity index (χ0) is 16.9. The van der Waals surface area contributed by atoms with Crippen LogP contribution in [0.5, 0.6) is 0 Å². The number of furan rings is 1. The topological polar surface area (TPSA) is 82.9 Å². The molecule has 2 heterocycles. The molecule has 0 bridgehead atoms. The molecule has 1 N–H and O–H groups in total. The first-order valence-corrected chi connectivity index (χ1v) is 9.28. The van der Waals surface area contributed by atoms with E-state index in [-0.39, 0.29) is 18.4 Å². The van der Waals surface area contributed by atoms with Gasteiger partial charge in [-0.05, 0) is 31.4 Å². The lowest BCUT2D eigenvalue weighted by atomic mass is 9.99. The summed E-state index contributed by atoms with van der Waals surface area (Å²) in [6, 6.07) is 3.75. The molecule has 1 saturated heterocycles. The standard InChI is InChI=1S/C15H25N3O4S/c1-17(2)23(20,21)18-10-4-6-13(12-18)15(19)16-9-3-7-14-8-5-11-22-14/h5,8,11,13H,3-4,6-7,9-10,12H2,1-2H3,(H,16,19). The van der Waals surface area contributed by atoms with Crippen LogP contribution in [0.1, 0.15) is 25.0 Å². The Morgan fingerprint density at radius 3 is 2.91 bits per heavy atom. The third kappa shape index (κ3) is 4.79. The molecule has 1 aliphatic heterocycles. The van der Waals surface area contributed by atoms with Crippen LogP contribution in [0.3, 0.4) is 0 Å². The number of amides is 1. The van der Waals surface area contributed by atoms with Gasteiger partial charge in [-0.3, -0.25) is 4.79 Å². The molecule has 1 fully saturated rings. The Hall–Kier alpha value is -1.38. The molecule has 1 unspecified atom stereocenters. The van der Waals surface area contributed by atoms with Gasteiger partial charge >= 0.3 is 0 Å². The van der Waals surface area contributed by atoms with E-state index in [1.165, 1.54) is 22.7 Å². The lowest BCUT2D eigenvalue weighted by Crippen LogP contribution is -2.48. The molecule has 2 rings (SSSR count). The molecule has 130 valence electrons. The predicted octanol–water partition coefficient (Wildman–Crippen LogP) is 0.847. The fourth-order valence-electron chi connectivity index (χ4n) is 2.67. The smallest absolute Gasteiger partial charge is 0.281 e. The molecule has 8 heteroatoms. The number of rotatable bonds is 7. The van der Waals surface area contributed by atoms with Crippen LogP contribution in [0.25, 0.3) is 0 Å². The summed E-state index contributed by atoms with van der Waals surface area (Å²) < 4.78 is 32.1. The number of piperidine rings is 1. The first kappa shape index (κ1) is 18.0. The average molecular weight is 343 g/mol. The van der Waals surface area contributed by atoms with E-state index < -0.39 is 10.2 Å². The molecule has 23 heavy (non-hydrogen) atoms. The van der Waals surface area contributed by atoms with Gasteiger partial charge in [0.15, 0.2) is 0 Å². The Balaban J connectivity index is 1.78. The van der Waals surface area contributed by atoms with Crippen LogP contribution in [0.15, 0.2) is 22.8 Å². The third-order valence-corrected chi connectivity index (χ3v) is 5.93. The van der Waals surface area contributed by atoms with Crippen molar-refractivity contribution in [2.24, 2.45) is 5.92 Å². The van der Waals surface area contributed by atoms with Gasteiger partial charge in [0.1, 0.15) is 5.76 Å². The van der Waals surface area contributed by atoms with Crippen LogP contribution in [0.4, 0.5) is 0 Å². The molecule has 0 spiro atoms. The van der Waals surface area contributed by atoms with Crippen molar-refractivity contribution in [1.29, 1.82) is 0 Å². The lowest BCUT2D eigenvalue weighted by molar-refractivity contribution is -0.126. The monoisotopic (exact) mass is 343 g/mol. The molecule has 0 radical (unpaired) electrons. The summed E-state index contributed by atoms with van der Waals surface area (Å²) in [6.45, 7) is 1.30. The predicted molar refractivity (Wildman–Crippen MR) is 86.9 cm³/mol. The van der Waals surface area contributed by atoms with Crippen molar-refractivity contribution in [3.8, 4) is 0 Å². The molecule has 1 atom stereocenters. The van der Waals surface area contributed by atoms with Crippen LogP contribution < -0.4 is 5.32 Å². The van der Waals surface area contributed by atoms with Gasteiger partial charge in [-0.25, -0.2) is 0 Å². The number of carbonyl (C=O) groups excluding carboxylic acids is 1. The Kier molecular flexibility index (Phi) is 6.20. The fraction of sp³-hybridized carbons (Fsp3) is 0.667. The van der Waals surface area contributed by atoms with Crippen molar-refractivity contribution < 1.29 is 17.6 Å².